The van der Waals surface area contributed by atoms with Crippen molar-refractivity contribution in [1.82, 2.24) is 4.57 Å². The molecule has 0 N–H and O–H groups in total. The summed E-state index contributed by atoms with van der Waals surface area (Å²) in [6.45, 7) is 11.4. The minimum absolute atomic E-state index is 0.00475. The second kappa shape index (κ2) is 12.9. The van der Waals surface area contributed by atoms with Gasteiger partial charge >= 0.3 is 0 Å². The van der Waals surface area contributed by atoms with Crippen LogP contribution in [0.3, 0.4) is 0 Å². The minimum atomic E-state index is -0.536. The molecule has 0 spiro atoms. The van der Waals surface area contributed by atoms with E-state index < -0.39 is 11.6 Å². The zero-order valence-electron chi connectivity index (χ0n) is 27.4. The van der Waals surface area contributed by atoms with Crippen LogP contribution in [0.2, 0.25) is 0 Å². The quantitative estimate of drug-likeness (QED) is 0.109. The third-order valence-electron chi connectivity index (χ3n) is 9.50. The van der Waals surface area contributed by atoms with Crippen LogP contribution >= 0.6 is 0 Å². The largest absolute Gasteiger partial charge is 0.340 e. The molecule has 1 atom stereocenters. The molecule has 6 aromatic rings. The summed E-state index contributed by atoms with van der Waals surface area (Å²) in [5.41, 5.74) is 7.22. The fourth-order valence-corrected chi connectivity index (χ4v) is 7.18. The lowest BCUT2D eigenvalue weighted by Crippen LogP contribution is -2.14. The maximum absolute atomic E-state index is 14.5. The van der Waals surface area contributed by atoms with E-state index in [4.69, 9.17) is 0 Å². The van der Waals surface area contributed by atoms with Gasteiger partial charge in [0.05, 0.1) is 5.52 Å². The minimum Gasteiger partial charge on any atom is -0.340 e. The number of hydrogen-bond donors (Lipinski definition) is 0. The van der Waals surface area contributed by atoms with Crippen LogP contribution in [0.1, 0.15) is 92.9 Å². The molecule has 6 rings (SSSR count). The standard InChI is InChI=1S/C42H41NO3/c1-6-8-14-29(7-2)25-43-37-20-19-31(41(45)40(44)30-15-10-9-11-16-30)23-34(37)35-24-36(32-17-12-13-18-33(32)39(35)43)42(46)38-27(4)21-26(3)22-28(38)5/h9-13,15-24,29H,6-8,14,25H2,1-5H3. The van der Waals surface area contributed by atoms with Gasteiger partial charge in [0.25, 0.3) is 0 Å². The Bertz CT molecular complexity index is 2110. The van der Waals surface area contributed by atoms with Crippen molar-refractivity contribution in [2.75, 3.05) is 0 Å². The van der Waals surface area contributed by atoms with E-state index in [9.17, 15) is 14.4 Å². The van der Waals surface area contributed by atoms with Gasteiger partial charge in [0, 0.05) is 50.5 Å². The van der Waals surface area contributed by atoms with Crippen molar-refractivity contribution in [3.63, 3.8) is 0 Å². The molecule has 0 radical (unpaired) electrons. The Labute approximate surface area is 271 Å². The van der Waals surface area contributed by atoms with E-state index in [0.29, 0.717) is 22.6 Å². The predicted octanol–water partition coefficient (Wildman–Crippen LogP) is 10.4. The van der Waals surface area contributed by atoms with Crippen LogP contribution in [-0.2, 0) is 6.54 Å². The van der Waals surface area contributed by atoms with Gasteiger partial charge in [-0.1, -0.05) is 105 Å². The summed E-state index contributed by atoms with van der Waals surface area (Å²) < 4.78 is 2.39. The van der Waals surface area contributed by atoms with Gasteiger partial charge in [-0.25, -0.2) is 0 Å². The lowest BCUT2D eigenvalue weighted by Gasteiger charge is -2.19. The summed E-state index contributed by atoms with van der Waals surface area (Å²) in [7, 11) is 0. The highest BCUT2D eigenvalue weighted by atomic mass is 16.2. The number of benzene rings is 5. The van der Waals surface area contributed by atoms with Crippen LogP contribution in [0, 0.1) is 26.7 Å². The molecule has 0 saturated carbocycles. The number of rotatable bonds is 11. The highest BCUT2D eigenvalue weighted by molar-refractivity contribution is 6.49. The summed E-state index contributed by atoms with van der Waals surface area (Å²) in [6, 6.07) is 28.7. The number of hydrogen-bond acceptors (Lipinski definition) is 3. The molecule has 0 aliphatic heterocycles. The van der Waals surface area contributed by atoms with E-state index in [1.807, 2.05) is 56.3 Å². The van der Waals surface area contributed by atoms with Gasteiger partial charge in [-0.05, 0) is 73.9 Å². The lowest BCUT2D eigenvalue weighted by atomic mass is 9.89. The molecular formula is C42H41NO3. The predicted molar refractivity (Wildman–Crippen MR) is 189 cm³/mol. The van der Waals surface area contributed by atoms with Crippen LogP contribution in [0.25, 0.3) is 32.6 Å². The zero-order chi connectivity index (χ0) is 32.5. The maximum atomic E-state index is 14.5. The van der Waals surface area contributed by atoms with Crippen LogP contribution in [0.5, 0.6) is 0 Å². The summed E-state index contributed by atoms with van der Waals surface area (Å²) in [5.74, 6) is -0.583. The molecule has 4 nitrogen and oxygen atoms in total. The number of carbonyl (C=O) groups excluding carboxylic acids is 3. The first-order valence-electron chi connectivity index (χ1n) is 16.5. The Morgan fingerprint density at radius 1 is 0.674 bits per heavy atom. The zero-order valence-corrected chi connectivity index (χ0v) is 27.4. The van der Waals surface area contributed by atoms with Crippen molar-refractivity contribution in [3.8, 4) is 0 Å². The second-order valence-corrected chi connectivity index (χ2v) is 12.8. The number of carbonyl (C=O) groups is 3. The first-order valence-corrected chi connectivity index (χ1v) is 16.5. The third-order valence-corrected chi connectivity index (χ3v) is 9.50. The number of unbranched alkanes of at least 4 members (excludes halogenated alkanes) is 1. The first-order chi connectivity index (χ1) is 22.2. The van der Waals surface area contributed by atoms with E-state index in [1.165, 1.54) is 6.42 Å². The van der Waals surface area contributed by atoms with Crippen molar-refractivity contribution in [2.45, 2.75) is 66.8 Å². The van der Waals surface area contributed by atoms with E-state index >= 15 is 0 Å². The van der Waals surface area contributed by atoms with Crippen LogP contribution in [0.15, 0.2) is 91.0 Å². The van der Waals surface area contributed by atoms with Gasteiger partial charge in [0.2, 0.25) is 11.6 Å². The van der Waals surface area contributed by atoms with Crippen LogP contribution < -0.4 is 0 Å². The second-order valence-electron chi connectivity index (χ2n) is 12.8. The molecule has 46 heavy (non-hydrogen) atoms. The van der Waals surface area contributed by atoms with Crippen molar-refractivity contribution in [1.29, 1.82) is 0 Å². The molecule has 0 fully saturated rings. The highest BCUT2D eigenvalue weighted by Crippen LogP contribution is 2.39. The first kappa shape index (κ1) is 31.2. The van der Waals surface area contributed by atoms with E-state index in [2.05, 4.69) is 43.5 Å². The van der Waals surface area contributed by atoms with Gasteiger partial charge in [-0.3, -0.25) is 14.4 Å². The number of ketones is 3. The third kappa shape index (κ3) is 5.58. The SMILES string of the molecule is CCCCC(CC)Cn1c2ccc(C(=O)C(=O)c3ccccc3)cc2c2cc(C(=O)c3c(C)cc(C)cc3C)c3ccccc3c21. The average molecular weight is 608 g/mol. The summed E-state index contributed by atoms with van der Waals surface area (Å²) in [5, 5.41) is 3.73. The lowest BCUT2D eigenvalue weighted by molar-refractivity contribution is 0.0817. The molecule has 0 amide bonds. The molecule has 1 heterocycles. The molecule has 0 bridgehead atoms. The van der Waals surface area contributed by atoms with Crippen molar-refractivity contribution < 1.29 is 14.4 Å². The average Bonchev–Trinajstić information content (AvgIpc) is 3.37. The van der Waals surface area contributed by atoms with Gasteiger partial charge in [-0.2, -0.15) is 0 Å². The normalized spacial score (nSPS) is 12.2. The Morgan fingerprint density at radius 2 is 1.33 bits per heavy atom. The molecule has 1 aromatic heterocycles. The van der Waals surface area contributed by atoms with Gasteiger partial charge in [0.15, 0.2) is 5.78 Å². The van der Waals surface area contributed by atoms with E-state index in [-0.39, 0.29) is 5.78 Å². The Morgan fingerprint density at radius 3 is 2.00 bits per heavy atom. The monoisotopic (exact) mass is 607 g/mol. The number of aryl methyl sites for hydroxylation is 3. The molecule has 232 valence electrons. The summed E-state index contributed by atoms with van der Waals surface area (Å²) in [4.78, 5) is 41.2. The van der Waals surface area contributed by atoms with Gasteiger partial charge < -0.3 is 4.57 Å². The number of fused-ring (bicyclic) bond motifs is 5. The topological polar surface area (TPSA) is 56.1 Å². The van der Waals surface area contributed by atoms with Crippen LogP contribution in [-0.4, -0.2) is 21.9 Å². The van der Waals surface area contributed by atoms with Crippen molar-refractivity contribution in [2.24, 2.45) is 5.92 Å². The maximum Gasteiger partial charge on any atom is 0.233 e. The van der Waals surface area contributed by atoms with E-state index in [0.717, 1.165) is 80.6 Å². The van der Waals surface area contributed by atoms with Crippen molar-refractivity contribution >= 4 is 49.9 Å². The molecular weight excluding hydrogens is 566 g/mol. The molecule has 1 unspecified atom stereocenters. The van der Waals surface area contributed by atoms with Crippen LogP contribution in [0.4, 0.5) is 0 Å². The number of Topliss-reactive ketones (excluding diaryl/α,β-unsaturated/α-hetero) is 2. The number of nitrogens with zero attached hydrogens (tertiary/aromatic N) is 1. The molecule has 0 aliphatic carbocycles. The van der Waals surface area contributed by atoms with Gasteiger partial charge in [-0.15, -0.1) is 0 Å². The summed E-state index contributed by atoms with van der Waals surface area (Å²) >= 11 is 0. The van der Waals surface area contributed by atoms with E-state index in [1.54, 1.807) is 30.3 Å². The summed E-state index contributed by atoms with van der Waals surface area (Å²) in [6.07, 6.45) is 4.52. The fraction of sp³-hybridized carbons (Fsp3) is 0.262. The molecule has 4 heteroatoms. The Hall–Kier alpha value is -4.83. The molecule has 0 saturated heterocycles. The molecule has 0 aliphatic rings. The fourth-order valence-electron chi connectivity index (χ4n) is 7.18. The highest BCUT2D eigenvalue weighted by Gasteiger charge is 2.25. The molecule has 5 aromatic carbocycles. The smallest absolute Gasteiger partial charge is 0.233 e. The Balaban J connectivity index is 1.62. The number of aromatic nitrogens is 1. The van der Waals surface area contributed by atoms with Crippen molar-refractivity contribution in [3.05, 3.63) is 130 Å². The Kier molecular flexibility index (Phi) is 8.73. The van der Waals surface area contributed by atoms with Gasteiger partial charge in [0.1, 0.15) is 0 Å².